The van der Waals surface area contributed by atoms with Crippen LogP contribution < -0.4 is 0 Å². The Hall–Kier alpha value is -1.54. The van der Waals surface area contributed by atoms with E-state index in [0.717, 1.165) is 0 Å². The van der Waals surface area contributed by atoms with Crippen LogP contribution in [0.4, 0.5) is 8.78 Å². The number of aliphatic hydroxyl groups is 1. The van der Waals surface area contributed by atoms with Crippen molar-refractivity contribution in [2.45, 2.75) is 30.8 Å². The van der Waals surface area contributed by atoms with Gasteiger partial charge in [0.2, 0.25) is 0 Å². The van der Waals surface area contributed by atoms with Gasteiger partial charge in [0, 0.05) is 52.3 Å². The second kappa shape index (κ2) is 5.83. The third-order valence-electron chi connectivity index (χ3n) is 4.68. The highest BCUT2D eigenvalue weighted by Crippen LogP contribution is 2.30. The van der Waals surface area contributed by atoms with Gasteiger partial charge in [0.25, 0.3) is 11.8 Å². The molecule has 0 unspecified atom stereocenters. The quantitative estimate of drug-likeness (QED) is 0.889. The van der Waals surface area contributed by atoms with E-state index in [1.165, 1.54) is 6.20 Å². The van der Waals surface area contributed by atoms with Crippen LogP contribution >= 0.6 is 0 Å². The van der Waals surface area contributed by atoms with E-state index in [1.54, 1.807) is 22.8 Å². The lowest BCUT2D eigenvalue weighted by molar-refractivity contribution is -0.0720. The zero-order chi connectivity index (χ0) is 16.7. The number of nitrogens with zero attached hydrogens (tertiary/aromatic N) is 4. The molecule has 3 rings (SSSR count). The lowest BCUT2D eigenvalue weighted by Gasteiger charge is -2.36. The molecule has 1 amide bonds. The number of aromatic nitrogens is 2. The molecule has 0 aliphatic carbocycles. The lowest BCUT2D eigenvalue weighted by atomic mass is 10.00. The van der Waals surface area contributed by atoms with Gasteiger partial charge in [-0.25, -0.2) is 8.78 Å². The van der Waals surface area contributed by atoms with Crippen LogP contribution in [0.5, 0.6) is 0 Å². The minimum absolute atomic E-state index is 0.154. The van der Waals surface area contributed by atoms with Gasteiger partial charge in [-0.2, -0.15) is 5.10 Å². The van der Waals surface area contributed by atoms with Crippen molar-refractivity contribution in [2.75, 3.05) is 32.7 Å². The summed E-state index contributed by atoms with van der Waals surface area (Å²) >= 11 is 0. The van der Waals surface area contributed by atoms with Crippen molar-refractivity contribution < 1.29 is 18.7 Å². The highest BCUT2D eigenvalue weighted by molar-refractivity contribution is 5.94. The van der Waals surface area contributed by atoms with E-state index in [-0.39, 0.29) is 38.4 Å². The molecule has 2 aliphatic heterocycles. The third-order valence-corrected chi connectivity index (χ3v) is 4.68. The predicted molar refractivity (Wildman–Crippen MR) is 79.3 cm³/mol. The Bertz CT molecular complexity index is 582. The number of β-amino-alcohol motifs (C(OH)–C–C–N with tert-alkyl or cyclic N) is 1. The van der Waals surface area contributed by atoms with Crippen molar-refractivity contribution in [3.8, 4) is 0 Å². The minimum atomic E-state index is -2.59. The highest BCUT2D eigenvalue weighted by atomic mass is 19.3. The van der Waals surface area contributed by atoms with Crippen molar-refractivity contribution in [1.82, 2.24) is 19.6 Å². The summed E-state index contributed by atoms with van der Waals surface area (Å²) in [5, 5.41) is 14.7. The number of carbonyl (C=O) groups excluding carboxylic acids is 1. The van der Waals surface area contributed by atoms with Gasteiger partial charge in [-0.05, 0) is 6.42 Å². The fourth-order valence-corrected chi connectivity index (χ4v) is 3.33. The smallest absolute Gasteiger partial charge is 0.257 e. The minimum Gasteiger partial charge on any atom is -0.387 e. The summed E-state index contributed by atoms with van der Waals surface area (Å²) in [7, 11) is 1.74. The molecular weight excluding hydrogens is 306 g/mol. The van der Waals surface area contributed by atoms with Crippen molar-refractivity contribution in [3.05, 3.63) is 18.0 Å². The Morgan fingerprint density at radius 1 is 1.30 bits per heavy atom. The van der Waals surface area contributed by atoms with Crippen LogP contribution in [-0.4, -0.2) is 74.8 Å². The zero-order valence-corrected chi connectivity index (χ0v) is 13.2. The van der Waals surface area contributed by atoms with Crippen LogP contribution in [0, 0.1) is 0 Å². The summed E-state index contributed by atoms with van der Waals surface area (Å²) in [4.78, 5) is 15.9. The molecule has 3 heterocycles. The summed E-state index contributed by atoms with van der Waals surface area (Å²) < 4.78 is 27.9. The van der Waals surface area contributed by atoms with Gasteiger partial charge in [-0.15, -0.1) is 0 Å². The Labute approximate surface area is 133 Å². The molecule has 0 spiro atoms. The summed E-state index contributed by atoms with van der Waals surface area (Å²) in [6.07, 6.45) is 3.29. The van der Waals surface area contributed by atoms with Crippen LogP contribution in [0.15, 0.2) is 12.4 Å². The maximum atomic E-state index is 13.2. The van der Waals surface area contributed by atoms with Crippen LogP contribution in [0.2, 0.25) is 0 Å². The molecular formula is C15H22F2N4O2. The van der Waals surface area contributed by atoms with E-state index in [9.17, 15) is 18.7 Å². The van der Waals surface area contributed by atoms with E-state index in [1.807, 2.05) is 4.90 Å². The molecule has 6 nitrogen and oxygen atoms in total. The molecule has 1 aromatic heterocycles. The number of halogens is 2. The topological polar surface area (TPSA) is 61.6 Å². The summed E-state index contributed by atoms with van der Waals surface area (Å²) in [5.74, 6) is -2.74. The van der Waals surface area contributed by atoms with Crippen molar-refractivity contribution in [3.63, 3.8) is 0 Å². The van der Waals surface area contributed by atoms with Gasteiger partial charge in [0.15, 0.2) is 0 Å². The van der Waals surface area contributed by atoms with Crippen LogP contribution in [0.1, 0.15) is 29.6 Å². The number of aryl methyl sites for hydroxylation is 1. The van der Waals surface area contributed by atoms with Crippen LogP contribution in [-0.2, 0) is 7.05 Å². The van der Waals surface area contributed by atoms with Gasteiger partial charge in [0.1, 0.15) is 0 Å². The number of hydrogen-bond acceptors (Lipinski definition) is 4. The van der Waals surface area contributed by atoms with E-state index >= 15 is 0 Å². The van der Waals surface area contributed by atoms with Crippen molar-refractivity contribution in [2.24, 2.45) is 7.05 Å². The zero-order valence-electron chi connectivity index (χ0n) is 13.2. The fraction of sp³-hybridized carbons (Fsp3) is 0.733. The number of carbonyl (C=O) groups is 1. The number of amides is 1. The number of likely N-dealkylation sites (tertiary alicyclic amines) is 2. The lowest BCUT2D eigenvalue weighted by Crippen LogP contribution is -2.49. The first-order valence-corrected chi connectivity index (χ1v) is 7.87. The largest absolute Gasteiger partial charge is 0.387 e. The normalized spacial score (nSPS) is 28.3. The second-order valence-corrected chi connectivity index (χ2v) is 6.74. The Morgan fingerprint density at radius 2 is 2.00 bits per heavy atom. The van der Waals surface area contributed by atoms with Gasteiger partial charge in [-0.3, -0.25) is 14.4 Å². The summed E-state index contributed by atoms with van der Waals surface area (Å²) in [5.41, 5.74) is -0.529. The van der Waals surface area contributed by atoms with Gasteiger partial charge in [0.05, 0.1) is 23.9 Å². The van der Waals surface area contributed by atoms with Crippen LogP contribution in [0.25, 0.3) is 0 Å². The monoisotopic (exact) mass is 328 g/mol. The van der Waals surface area contributed by atoms with E-state index in [4.69, 9.17) is 0 Å². The molecule has 2 fully saturated rings. The fourth-order valence-electron chi connectivity index (χ4n) is 3.33. The Kier molecular flexibility index (Phi) is 4.14. The number of rotatable bonds is 3. The Balaban J connectivity index is 1.57. The molecule has 0 aromatic carbocycles. The molecule has 2 aliphatic rings. The second-order valence-electron chi connectivity index (χ2n) is 6.74. The molecule has 1 atom stereocenters. The third kappa shape index (κ3) is 3.69. The maximum Gasteiger partial charge on any atom is 0.257 e. The van der Waals surface area contributed by atoms with Crippen molar-refractivity contribution >= 4 is 5.91 Å². The maximum absolute atomic E-state index is 13.2. The molecule has 0 saturated carbocycles. The van der Waals surface area contributed by atoms with Crippen molar-refractivity contribution in [1.29, 1.82) is 0 Å². The molecule has 1 N–H and O–H groups in total. The summed E-state index contributed by atoms with van der Waals surface area (Å²) in [6, 6.07) is 0. The van der Waals surface area contributed by atoms with Crippen LogP contribution in [0.3, 0.4) is 0 Å². The molecule has 8 heteroatoms. The average molecular weight is 328 g/mol. The Morgan fingerprint density at radius 3 is 2.61 bits per heavy atom. The van der Waals surface area contributed by atoms with E-state index in [2.05, 4.69) is 5.10 Å². The number of piperidine rings is 1. The molecule has 23 heavy (non-hydrogen) atoms. The highest BCUT2D eigenvalue weighted by Gasteiger charge is 2.42. The molecule has 2 saturated heterocycles. The SMILES string of the molecule is Cn1cc(C(=O)N2CC[C@@](O)(CN3CCC(F)(F)CC3)C2)cn1. The first-order valence-electron chi connectivity index (χ1n) is 7.87. The molecule has 1 aromatic rings. The number of alkyl halides is 2. The summed E-state index contributed by atoms with van der Waals surface area (Å²) in [6.45, 7) is 1.60. The van der Waals surface area contributed by atoms with Gasteiger partial charge < -0.3 is 10.0 Å². The average Bonchev–Trinajstić information content (AvgIpc) is 3.07. The van der Waals surface area contributed by atoms with E-state index < -0.39 is 11.5 Å². The van der Waals surface area contributed by atoms with E-state index in [0.29, 0.717) is 25.1 Å². The molecule has 0 bridgehead atoms. The standard InChI is InChI=1S/C15H22F2N4O2/c1-19-9-12(8-18-19)13(22)21-7-2-14(23,11-21)10-20-5-3-15(16,17)4-6-20/h8-9,23H,2-7,10-11H2,1H3/t14-/m1/s1. The van der Waals surface area contributed by atoms with Gasteiger partial charge in [-0.1, -0.05) is 0 Å². The molecule has 128 valence electrons. The first-order chi connectivity index (χ1) is 10.8. The van der Waals surface area contributed by atoms with Gasteiger partial charge >= 0.3 is 0 Å². The number of hydrogen-bond donors (Lipinski definition) is 1. The predicted octanol–water partition coefficient (Wildman–Crippen LogP) is 0.728. The first kappa shape index (κ1) is 16.3. The molecule has 0 radical (unpaired) electrons.